The molecular weight excluding hydrogens is 204 g/mol. The second-order valence-corrected chi connectivity index (χ2v) is 4.96. The quantitative estimate of drug-likeness (QED) is 0.208. The molecule has 0 aliphatic rings. The Kier molecular flexibility index (Phi) is 7.93. The van der Waals surface area contributed by atoms with E-state index in [4.69, 9.17) is 10.6 Å². The maximum absolute atomic E-state index is 5.36. The standard InChI is InChI=1S/C11H26N4O/c1-11(2,3)6-8-14-10(15-12)13-7-5-9-16-4/h5-9,12H2,1-4H3,(H2,13,14,15). The summed E-state index contributed by atoms with van der Waals surface area (Å²) in [4.78, 5) is 4.29. The van der Waals surface area contributed by atoms with Crippen LogP contribution >= 0.6 is 0 Å². The molecule has 0 aromatic heterocycles. The monoisotopic (exact) mass is 230 g/mol. The Balaban J connectivity index is 3.73. The van der Waals surface area contributed by atoms with Crippen molar-refractivity contribution in [3.05, 3.63) is 0 Å². The SMILES string of the molecule is COCCCN=C(NN)NCCC(C)(C)C. The molecule has 0 bridgehead atoms. The first kappa shape index (κ1) is 15.2. The zero-order valence-electron chi connectivity index (χ0n) is 11.0. The highest BCUT2D eigenvalue weighted by Gasteiger charge is 2.09. The number of ether oxygens (including phenoxy) is 1. The van der Waals surface area contributed by atoms with Gasteiger partial charge in [-0.15, -0.1) is 0 Å². The van der Waals surface area contributed by atoms with E-state index in [0.29, 0.717) is 11.4 Å². The van der Waals surface area contributed by atoms with E-state index in [0.717, 1.165) is 32.5 Å². The predicted octanol–water partition coefficient (Wildman–Crippen LogP) is 0.868. The molecule has 0 heterocycles. The maximum atomic E-state index is 5.36. The topological polar surface area (TPSA) is 71.7 Å². The minimum Gasteiger partial charge on any atom is -0.385 e. The number of nitrogens with two attached hydrogens (primary N) is 1. The molecule has 0 amide bonds. The lowest BCUT2D eigenvalue weighted by Gasteiger charge is -2.18. The van der Waals surface area contributed by atoms with Crippen molar-refractivity contribution < 1.29 is 4.74 Å². The summed E-state index contributed by atoms with van der Waals surface area (Å²) >= 11 is 0. The zero-order valence-corrected chi connectivity index (χ0v) is 11.0. The number of nitrogens with one attached hydrogen (secondary N) is 2. The summed E-state index contributed by atoms with van der Waals surface area (Å²) in [5.74, 6) is 6.02. The molecule has 0 aromatic carbocycles. The molecule has 0 aromatic rings. The van der Waals surface area contributed by atoms with Crippen molar-refractivity contribution in [3.8, 4) is 0 Å². The fourth-order valence-electron chi connectivity index (χ4n) is 1.11. The molecule has 0 aliphatic carbocycles. The second kappa shape index (κ2) is 8.35. The van der Waals surface area contributed by atoms with Crippen LogP contribution in [-0.2, 0) is 4.74 Å². The van der Waals surface area contributed by atoms with Crippen LogP contribution in [0.2, 0.25) is 0 Å². The van der Waals surface area contributed by atoms with Crippen LogP contribution in [-0.4, -0.2) is 32.8 Å². The van der Waals surface area contributed by atoms with E-state index in [1.807, 2.05) is 0 Å². The van der Waals surface area contributed by atoms with Crippen molar-refractivity contribution in [1.82, 2.24) is 10.7 Å². The summed E-state index contributed by atoms with van der Waals surface area (Å²) in [7, 11) is 1.69. The van der Waals surface area contributed by atoms with Gasteiger partial charge in [-0.2, -0.15) is 0 Å². The molecule has 96 valence electrons. The average Bonchev–Trinajstić information content (AvgIpc) is 2.20. The van der Waals surface area contributed by atoms with Crippen LogP contribution in [0.5, 0.6) is 0 Å². The van der Waals surface area contributed by atoms with Crippen LogP contribution in [0, 0.1) is 5.41 Å². The molecule has 0 saturated carbocycles. The molecular formula is C11H26N4O. The highest BCUT2D eigenvalue weighted by atomic mass is 16.5. The van der Waals surface area contributed by atoms with Gasteiger partial charge in [-0.1, -0.05) is 20.8 Å². The number of guanidine groups is 1. The van der Waals surface area contributed by atoms with E-state index < -0.39 is 0 Å². The summed E-state index contributed by atoms with van der Waals surface area (Å²) in [5.41, 5.74) is 2.89. The third-order valence-electron chi connectivity index (χ3n) is 2.08. The van der Waals surface area contributed by atoms with Gasteiger partial charge in [-0.25, -0.2) is 5.84 Å². The van der Waals surface area contributed by atoms with Crippen molar-refractivity contribution in [2.75, 3.05) is 26.8 Å². The molecule has 0 atom stereocenters. The smallest absolute Gasteiger partial charge is 0.205 e. The molecule has 0 aliphatic heterocycles. The van der Waals surface area contributed by atoms with E-state index in [1.165, 1.54) is 0 Å². The normalized spacial score (nSPS) is 12.7. The number of aliphatic imine (C=N–C) groups is 1. The van der Waals surface area contributed by atoms with Crippen LogP contribution in [0.15, 0.2) is 4.99 Å². The van der Waals surface area contributed by atoms with Crippen LogP contribution < -0.4 is 16.6 Å². The summed E-state index contributed by atoms with van der Waals surface area (Å²) in [6.45, 7) is 8.94. The number of rotatable bonds is 6. The maximum Gasteiger partial charge on any atom is 0.205 e. The Morgan fingerprint density at radius 1 is 1.38 bits per heavy atom. The molecule has 4 N–H and O–H groups in total. The molecule has 5 nitrogen and oxygen atoms in total. The van der Waals surface area contributed by atoms with Crippen LogP contribution in [0.3, 0.4) is 0 Å². The van der Waals surface area contributed by atoms with E-state index in [9.17, 15) is 0 Å². The molecule has 0 fully saturated rings. The van der Waals surface area contributed by atoms with Gasteiger partial charge in [-0.05, 0) is 18.3 Å². The van der Waals surface area contributed by atoms with E-state index in [2.05, 4.69) is 36.5 Å². The summed E-state index contributed by atoms with van der Waals surface area (Å²) in [6.07, 6.45) is 1.98. The minimum absolute atomic E-state index is 0.322. The van der Waals surface area contributed by atoms with Gasteiger partial charge in [0, 0.05) is 26.8 Å². The van der Waals surface area contributed by atoms with Crippen molar-refractivity contribution in [1.29, 1.82) is 0 Å². The van der Waals surface area contributed by atoms with Crippen molar-refractivity contribution in [3.63, 3.8) is 0 Å². The van der Waals surface area contributed by atoms with Gasteiger partial charge in [0.05, 0.1) is 0 Å². The van der Waals surface area contributed by atoms with Gasteiger partial charge in [0.15, 0.2) is 0 Å². The Morgan fingerprint density at radius 3 is 2.56 bits per heavy atom. The number of methoxy groups -OCH3 is 1. The molecule has 0 rings (SSSR count). The first-order valence-corrected chi connectivity index (χ1v) is 5.73. The lowest BCUT2D eigenvalue weighted by molar-refractivity contribution is 0.197. The van der Waals surface area contributed by atoms with Gasteiger partial charge < -0.3 is 10.1 Å². The summed E-state index contributed by atoms with van der Waals surface area (Å²) in [5, 5.41) is 3.18. The minimum atomic E-state index is 0.322. The second-order valence-electron chi connectivity index (χ2n) is 4.96. The zero-order chi connectivity index (χ0) is 12.4. The van der Waals surface area contributed by atoms with Gasteiger partial charge in [0.2, 0.25) is 5.96 Å². The highest BCUT2D eigenvalue weighted by molar-refractivity contribution is 5.79. The molecule has 0 saturated heterocycles. The van der Waals surface area contributed by atoms with Crippen LogP contribution in [0.4, 0.5) is 0 Å². The highest BCUT2D eigenvalue weighted by Crippen LogP contribution is 2.16. The Labute approximate surface area is 98.8 Å². The first-order chi connectivity index (χ1) is 7.49. The molecule has 0 unspecified atom stereocenters. The van der Waals surface area contributed by atoms with Crippen molar-refractivity contribution in [2.45, 2.75) is 33.6 Å². The summed E-state index contributed by atoms with van der Waals surface area (Å²) < 4.78 is 4.94. The fraction of sp³-hybridized carbons (Fsp3) is 0.909. The average molecular weight is 230 g/mol. The lowest BCUT2D eigenvalue weighted by Crippen LogP contribution is -2.42. The van der Waals surface area contributed by atoms with Crippen molar-refractivity contribution >= 4 is 5.96 Å². The van der Waals surface area contributed by atoms with Crippen LogP contribution in [0.25, 0.3) is 0 Å². The van der Waals surface area contributed by atoms with Crippen molar-refractivity contribution in [2.24, 2.45) is 16.3 Å². The number of hydrogen-bond donors (Lipinski definition) is 3. The van der Waals surface area contributed by atoms with Gasteiger partial charge in [0.25, 0.3) is 0 Å². The lowest BCUT2D eigenvalue weighted by atomic mass is 9.92. The van der Waals surface area contributed by atoms with Gasteiger partial charge in [0.1, 0.15) is 0 Å². The fourth-order valence-corrected chi connectivity index (χ4v) is 1.11. The Bertz CT molecular complexity index is 199. The third kappa shape index (κ3) is 9.73. The molecule has 0 radical (unpaired) electrons. The van der Waals surface area contributed by atoms with Gasteiger partial charge >= 0.3 is 0 Å². The molecule has 16 heavy (non-hydrogen) atoms. The number of hydrazine groups is 1. The number of hydrogen-bond acceptors (Lipinski definition) is 3. The third-order valence-corrected chi connectivity index (χ3v) is 2.08. The largest absolute Gasteiger partial charge is 0.385 e. The first-order valence-electron chi connectivity index (χ1n) is 5.73. The van der Waals surface area contributed by atoms with E-state index in [1.54, 1.807) is 7.11 Å². The van der Waals surface area contributed by atoms with E-state index in [-0.39, 0.29) is 0 Å². The molecule has 5 heteroatoms. The summed E-state index contributed by atoms with van der Waals surface area (Å²) in [6, 6.07) is 0. The van der Waals surface area contributed by atoms with Gasteiger partial charge in [-0.3, -0.25) is 10.4 Å². The predicted molar refractivity (Wildman–Crippen MR) is 68.2 cm³/mol. The van der Waals surface area contributed by atoms with Crippen LogP contribution in [0.1, 0.15) is 33.6 Å². The molecule has 0 spiro atoms. The Morgan fingerprint density at radius 2 is 2.06 bits per heavy atom. The number of nitrogens with zero attached hydrogens (tertiary/aromatic N) is 1. The Hall–Kier alpha value is -0.810. The van der Waals surface area contributed by atoms with E-state index >= 15 is 0 Å².